The van der Waals surface area contributed by atoms with Gasteiger partial charge in [0, 0.05) is 0 Å². The van der Waals surface area contributed by atoms with Crippen LogP contribution in [0.5, 0.6) is 0 Å². The van der Waals surface area contributed by atoms with E-state index in [2.05, 4.69) is 26.8 Å². The highest BCUT2D eigenvalue weighted by Crippen LogP contribution is 2.24. The summed E-state index contributed by atoms with van der Waals surface area (Å²) in [6.45, 7) is 6.40. The molecular formula is C13H20O. The lowest BCUT2D eigenvalue weighted by atomic mass is 9.95. The van der Waals surface area contributed by atoms with Crippen LogP contribution in [0.2, 0.25) is 0 Å². The van der Waals surface area contributed by atoms with Crippen molar-refractivity contribution in [3.05, 3.63) is 35.4 Å². The normalized spacial score (nSPS) is 13.2. The van der Waals surface area contributed by atoms with Crippen molar-refractivity contribution in [1.29, 1.82) is 0 Å². The Kier molecular flexibility index (Phi) is 4.15. The van der Waals surface area contributed by atoms with Crippen molar-refractivity contribution in [1.82, 2.24) is 0 Å². The van der Waals surface area contributed by atoms with E-state index in [-0.39, 0.29) is 6.10 Å². The van der Waals surface area contributed by atoms with E-state index in [0.717, 1.165) is 18.4 Å². The molecule has 78 valence electrons. The fourth-order valence-corrected chi connectivity index (χ4v) is 1.75. The van der Waals surface area contributed by atoms with Crippen LogP contribution in [0.4, 0.5) is 0 Å². The van der Waals surface area contributed by atoms with Crippen LogP contribution in [0, 0.1) is 5.92 Å². The molecule has 1 unspecified atom stereocenters. The molecule has 0 saturated heterocycles. The second-order valence-corrected chi connectivity index (χ2v) is 4.20. The van der Waals surface area contributed by atoms with Crippen LogP contribution in [0.3, 0.4) is 0 Å². The van der Waals surface area contributed by atoms with Gasteiger partial charge in [0.05, 0.1) is 6.10 Å². The minimum absolute atomic E-state index is 0.300. The molecule has 0 aliphatic rings. The number of hydrogen-bond acceptors (Lipinski definition) is 1. The maximum atomic E-state index is 10.0. The summed E-state index contributed by atoms with van der Waals surface area (Å²) in [7, 11) is 0. The summed E-state index contributed by atoms with van der Waals surface area (Å²) in [5, 5.41) is 10.0. The largest absolute Gasteiger partial charge is 0.388 e. The summed E-state index contributed by atoms with van der Waals surface area (Å²) < 4.78 is 0. The predicted octanol–water partition coefficient (Wildman–Crippen LogP) is 3.33. The third-order valence-corrected chi connectivity index (χ3v) is 2.49. The van der Waals surface area contributed by atoms with Crippen molar-refractivity contribution in [3.63, 3.8) is 0 Å². The molecule has 0 bridgehead atoms. The Labute approximate surface area is 86.8 Å². The topological polar surface area (TPSA) is 20.2 Å². The number of benzene rings is 1. The molecule has 14 heavy (non-hydrogen) atoms. The van der Waals surface area contributed by atoms with Gasteiger partial charge >= 0.3 is 0 Å². The molecule has 0 heterocycles. The van der Waals surface area contributed by atoms with Gasteiger partial charge in [0.2, 0.25) is 0 Å². The Hall–Kier alpha value is -0.820. The molecule has 0 fully saturated rings. The van der Waals surface area contributed by atoms with Crippen LogP contribution in [0.15, 0.2) is 24.3 Å². The average molecular weight is 192 g/mol. The number of aliphatic hydroxyl groups excluding tert-OH is 1. The van der Waals surface area contributed by atoms with E-state index in [9.17, 15) is 5.11 Å². The molecule has 1 aromatic carbocycles. The first-order valence-corrected chi connectivity index (χ1v) is 5.41. The Bertz CT molecular complexity index is 278. The smallest absolute Gasteiger partial charge is 0.0795 e. The van der Waals surface area contributed by atoms with E-state index in [1.54, 1.807) is 0 Å². The van der Waals surface area contributed by atoms with Gasteiger partial charge in [-0.3, -0.25) is 0 Å². The van der Waals surface area contributed by atoms with Crippen LogP contribution in [-0.4, -0.2) is 5.11 Å². The molecule has 0 spiro atoms. The molecule has 0 aromatic heterocycles. The van der Waals surface area contributed by atoms with E-state index in [1.165, 1.54) is 5.56 Å². The van der Waals surface area contributed by atoms with Crippen LogP contribution >= 0.6 is 0 Å². The van der Waals surface area contributed by atoms with Crippen LogP contribution in [0.25, 0.3) is 0 Å². The van der Waals surface area contributed by atoms with Crippen molar-refractivity contribution in [2.24, 2.45) is 5.92 Å². The van der Waals surface area contributed by atoms with E-state index in [4.69, 9.17) is 0 Å². The Morgan fingerprint density at radius 1 is 1.21 bits per heavy atom. The van der Waals surface area contributed by atoms with Gasteiger partial charge in [-0.2, -0.15) is 0 Å². The predicted molar refractivity (Wildman–Crippen MR) is 60.2 cm³/mol. The second kappa shape index (κ2) is 5.16. The van der Waals surface area contributed by atoms with E-state index in [1.807, 2.05) is 18.2 Å². The first-order chi connectivity index (χ1) is 6.65. The van der Waals surface area contributed by atoms with Gasteiger partial charge in [-0.15, -0.1) is 0 Å². The fourth-order valence-electron chi connectivity index (χ4n) is 1.75. The fraction of sp³-hybridized carbons (Fsp3) is 0.538. The van der Waals surface area contributed by atoms with E-state index in [0.29, 0.717) is 5.92 Å². The van der Waals surface area contributed by atoms with Crippen molar-refractivity contribution < 1.29 is 5.11 Å². The number of rotatable bonds is 4. The minimum atomic E-state index is -0.300. The van der Waals surface area contributed by atoms with E-state index < -0.39 is 0 Å². The van der Waals surface area contributed by atoms with Crippen molar-refractivity contribution in [3.8, 4) is 0 Å². The monoisotopic (exact) mass is 192 g/mol. The molecule has 1 atom stereocenters. The molecule has 0 radical (unpaired) electrons. The Morgan fingerprint density at radius 3 is 2.43 bits per heavy atom. The highest BCUT2D eigenvalue weighted by Gasteiger charge is 2.12. The Morgan fingerprint density at radius 2 is 1.86 bits per heavy atom. The van der Waals surface area contributed by atoms with Crippen molar-refractivity contribution in [2.75, 3.05) is 0 Å². The highest BCUT2D eigenvalue weighted by molar-refractivity contribution is 5.28. The van der Waals surface area contributed by atoms with Crippen LogP contribution in [-0.2, 0) is 6.42 Å². The molecule has 0 saturated carbocycles. The zero-order chi connectivity index (χ0) is 10.6. The zero-order valence-corrected chi connectivity index (χ0v) is 9.33. The highest BCUT2D eigenvalue weighted by atomic mass is 16.3. The number of aliphatic hydroxyl groups is 1. The molecule has 1 nitrogen and oxygen atoms in total. The SMILES string of the molecule is CCc1ccccc1C(O)CC(C)C. The molecule has 1 N–H and O–H groups in total. The minimum Gasteiger partial charge on any atom is -0.388 e. The lowest BCUT2D eigenvalue weighted by molar-refractivity contribution is 0.150. The van der Waals surface area contributed by atoms with Crippen LogP contribution in [0.1, 0.15) is 44.4 Å². The molecule has 0 amide bonds. The summed E-state index contributed by atoms with van der Waals surface area (Å²) in [5.74, 6) is 0.537. The summed E-state index contributed by atoms with van der Waals surface area (Å²) in [4.78, 5) is 0. The number of hydrogen-bond donors (Lipinski definition) is 1. The first kappa shape index (κ1) is 11.3. The lowest BCUT2D eigenvalue weighted by Crippen LogP contribution is -2.04. The molecule has 1 rings (SSSR count). The molecule has 0 aliphatic carbocycles. The van der Waals surface area contributed by atoms with Gasteiger partial charge in [0.1, 0.15) is 0 Å². The standard InChI is InChI=1S/C13H20O/c1-4-11-7-5-6-8-12(11)13(14)9-10(2)3/h5-8,10,13-14H,4,9H2,1-3H3. The van der Waals surface area contributed by atoms with Gasteiger partial charge in [-0.1, -0.05) is 45.0 Å². The quantitative estimate of drug-likeness (QED) is 0.775. The van der Waals surface area contributed by atoms with Crippen molar-refractivity contribution >= 4 is 0 Å². The van der Waals surface area contributed by atoms with Crippen LogP contribution < -0.4 is 0 Å². The van der Waals surface area contributed by atoms with Gasteiger partial charge in [-0.25, -0.2) is 0 Å². The summed E-state index contributed by atoms with van der Waals surface area (Å²) in [6, 6.07) is 8.16. The van der Waals surface area contributed by atoms with Crippen molar-refractivity contribution in [2.45, 2.75) is 39.7 Å². The molecule has 0 aliphatic heterocycles. The van der Waals surface area contributed by atoms with Gasteiger partial charge in [0.25, 0.3) is 0 Å². The summed E-state index contributed by atoms with van der Waals surface area (Å²) in [6.07, 6.45) is 1.54. The van der Waals surface area contributed by atoms with Gasteiger partial charge in [-0.05, 0) is 29.9 Å². The van der Waals surface area contributed by atoms with E-state index >= 15 is 0 Å². The lowest BCUT2D eigenvalue weighted by Gasteiger charge is -2.16. The maximum Gasteiger partial charge on any atom is 0.0795 e. The zero-order valence-electron chi connectivity index (χ0n) is 9.33. The molecule has 1 aromatic rings. The third kappa shape index (κ3) is 2.85. The average Bonchev–Trinajstić information content (AvgIpc) is 2.16. The first-order valence-electron chi connectivity index (χ1n) is 5.41. The second-order valence-electron chi connectivity index (χ2n) is 4.20. The van der Waals surface area contributed by atoms with Gasteiger partial charge in [0.15, 0.2) is 0 Å². The third-order valence-electron chi connectivity index (χ3n) is 2.49. The molecule has 1 heteroatoms. The maximum absolute atomic E-state index is 10.0. The number of aryl methyl sites for hydroxylation is 1. The van der Waals surface area contributed by atoms with Gasteiger partial charge < -0.3 is 5.11 Å². The Balaban J connectivity index is 2.82. The molecular weight excluding hydrogens is 172 g/mol. The summed E-state index contributed by atoms with van der Waals surface area (Å²) in [5.41, 5.74) is 2.37. The summed E-state index contributed by atoms with van der Waals surface area (Å²) >= 11 is 0.